The third-order valence-electron chi connectivity index (χ3n) is 6.59. The Morgan fingerprint density at radius 2 is 1.43 bits per heavy atom. The molecular weight excluding hydrogens is 536 g/mol. The highest BCUT2D eigenvalue weighted by atomic mass is 16.5. The second-order valence-corrected chi connectivity index (χ2v) is 10.5. The maximum atomic E-state index is 13.3. The third-order valence-corrected chi connectivity index (χ3v) is 6.59. The quantitative estimate of drug-likeness (QED) is 0.170. The van der Waals surface area contributed by atoms with Gasteiger partial charge in [0.2, 0.25) is 11.8 Å². The molecule has 0 saturated carbocycles. The van der Waals surface area contributed by atoms with Crippen LogP contribution in [0.2, 0.25) is 0 Å². The Morgan fingerprint density at radius 1 is 0.810 bits per heavy atom. The van der Waals surface area contributed by atoms with E-state index < -0.39 is 17.9 Å². The Morgan fingerprint density at radius 3 is 2.00 bits per heavy atom. The van der Waals surface area contributed by atoms with Crippen molar-refractivity contribution in [3.8, 4) is 5.75 Å². The first-order valence-electron chi connectivity index (χ1n) is 13.7. The average Bonchev–Trinajstić information content (AvgIpc) is 2.94. The molecule has 0 bridgehead atoms. The molecule has 3 rings (SSSR count). The Bertz CT molecular complexity index is 1370. The van der Waals surface area contributed by atoms with E-state index in [-0.39, 0.29) is 36.6 Å². The standard InChI is InChI=1S/C32H38N4O6/c1-20(2)17-23(31(40)35-28(19-30(38)39)22-9-15-26(42-4)16-10-22)18-29(37)33-24-11-13-25(14-12-24)34-32(41)36-27-8-6-5-7-21(27)3/h5-16,20,23,28H,17-19H2,1-4H3,(H,33,37)(H,35,40)(H,38,39)(H2,34,36,41). The molecule has 42 heavy (non-hydrogen) atoms. The molecular formula is C32H38N4O6. The average molecular weight is 575 g/mol. The van der Waals surface area contributed by atoms with E-state index in [9.17, 15) is 24.3 Å². The summed E-state index contributed by atoms with van der Waals surface area (Å²) in [4.78, 5) is 50.1. The first-order valence-corrected chi connectivity index (χ1v) is 13.7. The van der Waals surface area contributed by atoms with Gasteiger partial charge in [0, 0.05) is 29.4 Å². The molecule has 10 heteroatoms. The van der Waals surface area contributed by atoms with E-state index in [0.29, 0.717) is 34.8 Å². The number of benzene rings is 3. The maximum Gasteiger partial charge on any atom is 0.323 e. The first-order chi connectivity index (χ1) is 20.0. The molecule has 0 aliphatic rings. The Labute approximate surface area is 245 Å². The number of aryl methyl sites for hydroxylation is 1. The molecule has 222 valence electrons. The number of carboxylic acids is 1. The van der Waals surface area contributed by atoms with E-state index in [2.05, 4.69) is 21.3 Å². The predicted molar refractivity (Wildman–Crippen MR) is 163 cm³/mol. The summed E-state index contributed by atoms with van der Waals surface area (Å²) < 4.78 is 5.17. The highest BCUT2D eigenvalue weighted by molar-refractivity contribution is 6.00. The number of amides is 4. The molecule has 0 fully saturated rings. The lowest BCUT2D eigenvalue weighted by atomic mass is 9.92. The van der Waals surface area contributed by atoms with Crippen LogP contribution in [0.4, 0.5) is 21.9 Å². The van der Waals surface area contributed by atoms with E-state index in [4.69, 9.17) is 4.74 Å². The fraction of sp³-hybridized carbons (Fsp3) is 0.312. The van der Waals surface area contributed by atoms with Crippen molar-refractivity contribution in [2.75, 3.05) is 23.1 Å². The van der Waals surface area contributed by atoms with Gasteiger partial charge in [0.25, 0.3) is 0 Å². The topological polar surface area (TPSA) is 146 Å². The van der Waals surface area contributed by atoms with E-state index in [1.165, 1.54) is 7.11 Å². The van der Waals surface area contributed by atoms with Gasteiger partial charge in [0.15, 0.2) is 0 Å². The molecule has 0 spiro atoms. The van der Waals surface area contributed by atoms with Crippen molar-refractivity contribution >= 4 is 40.9 Å². The van der Waals surface area contributed by atoms with Crippen molar-refractivity contribution in [1.29, 1.82) is 0 Å². The molecule has 10 nitrogen and oxygen atoms in total. The van der Waals surface area contributed by atoms with Gasteiger partial charge in [-0.1, -0.05) is 44.2 Å². The Kier molecular flexibility index (Phi) is 11.5. The zero-order valence-corrected chi connectivity index (χ0v) is 24.3. The second-order valence-electron chi connectivity index (χ2n) is 10.5. The molecule has 3 aromatic carbocycles. The van der Waals surface area contributed by atoms with Gasteiger partial charge < -0.3 is 31.1 Å². The summed E-state index contributed by atoms with van der Waals surface area (Å²) in [5, 5.41) is 20.6. The minimum atomic E-state index is -1.06. The van der Waals surface area contributed by atoms with Crippen molar-refractivity contribution in [3.63, 3.8) is 0 Å². The normalized spacial score (nSPS) is 12.1. The molecule has 3 aromatic rings. The monoisotopic (exact) mass is 574 g/mol. The number of para-hydroxylation sites is 1. The number of carbonyl (C=O) groups is 4. The maximum absolute atomic E-state index is 13.3. The Hall–Kier alpha value is -4.86. The van der Waals surface area contributed by atoms with Gasteiger partial charge in [-0.05, 0) is 72.9 Å². The number of nitrogens with one attached hydrogen (secondary N) is 4. The highest BCUT2D eigenvalue weighted by Crippen LogP contribution is 2.24. The van der Waals surface area contributed by atoms with E-state index in [1.54, 1.807) is 48.5 Å². The fourth-order valence-electron chi connectivity index (χ4n) is 4.48. The summed E-state index contributed by atoms with van der Waals surface area (Å²) >= 11 is 0. The van der Waals surface area contributed by atoms with Gasteiger partial charge in [-0.3, -0.25) is 14.4 Å². The van der Waals surface area contributed by atoms with Crippen molar-refractivity contribution in [2.45, 2.75) is 46.1 Å². The van der Waals surface area contributed by atoms with E-state index >= 15 is 0 Å². The second kappa shape index (κ2) is 15.2. The molecule has 4 amide bonds. The number of carboxylic acid groups (broad SMARTS) is 1. The van der Waals surface area contributed by atoms with Crippen molar-refractivity contribution in [1.82, 2.24) is 5.32 Å². The molecule has 0 radical (unpaired) electrons. The molecule has 2 atom stereocenters. The number of ether oxygens (including phenoxy) is 1. The number of hydrogen-bond acceptors (Lipinski definition) is 5. The lowest BCUT2D eigenvalue weighted by Gasteiger charge is -2.23. The van der Waals surface area contributed by atoms with Crippen LogP contribution in [-0.4, -0.2) is 36.0 Å². The first kappa shape index (κ1) is 31.7. The predicted octanol–water partition coefficient (Wildman–Crippen LogP) is 5.97. The van der Waals surface area contributed by atoms with Crippen LogP contribution in [0.5, 0.6) is 5.75 Å². The smallest absolute Gasteiger partial charge is 0.323 e. The van der Waals surface area contributed by atoms with Crippen LogP contribution >= 0.6 is 0 Å². The van der Waals surface area contributed by atoms with E-state index in [0.717, 1.165) is 5.56 Å². The molecule has 0 aliphatic heterocycles. The minimum Gasteiger partial charge on any atom is -0.497 e. The molecule has 0 aliphatic carbocycles. The summed E-state index contributed by atoms with van der Waals surface area (Å²) in [7, 11) is 1.53. The zero-order chi connectivity index (χ0) is 30.6. The number of methoxy groups -OCH3 is 1. The molecule has 5 N–H and O–H groups in total. The fourth-order valence-corrected chi connectivity index (χ4v) is 4.48. The summed E-state index contributed by atoms with van der Waals surface area (Å²) in [5.74, 6) is -1.72. The molecule has 0 saturated heterocycles. The summed E-state index contributed by atoms with van der Waals surface area (Å²) in [5.41, 5.74) is 3.32. The van der Waals surface area contributed by atoms with Crippen LogP contribution in [0.3, 0.4) is 0 Å². The van der Waals surface area contributed by atoms with Crippen molar-refractivity contribution in [2.24, 2.45) is 11.8 Å². The third kappa shape index (κ3) is 9.96. The Balaban J connectivity index is 1.61. The summed E-state index contributed by atoms with van der Waals surface area (Å²) in [6.07, 6.45) is 0.0633. The molecule has 2 unspecified atom stereocenters. The molecule has 0 heterocycles. The summed E-state index contributed by atoms with van der Waals surface area (Å²) in [6, 6.07) is 19.8. The largest absolute Gasteiger partial charge is 0.497 e. The summed E-state index contributed by atoms with van der Waals surface area (Å²) in [6.45, 7) is 5.81. The van der Waals surface area contributed by atoms with Gasteiger partial charge in [-0.25, -0.2) is 4.79 Å². The van der Waals surface area contributed by atoms with Gasteiger partial charge in [-0.2, -0.15) is 0 Å². The lowest BCUT2D eigenvalue weighted by Crippen LogP contribution is -2.37. The highest BCUT2D eigenvalue weighted by Gasteiger charge is 2.27. The SMILES string of the molecule is COc1ccc(C(CC(=O)O)NC(=O)C(CC(=O)Nc2ccc(NC(=O)Nc3ccccc3C)cc2)CC(C)C)cc1. The zero-order valence-electron chi connectivity index (χ0n) is 24.3. The van der Waals surface area contributed by atoms with Crippen LogP contribution in [0, 0.1) is 18.8 Å². The van der Waals surface area contributed by atoms with Gasteiger partial charge in [-0.15, -0.1) is 0 Å². The van der Waals surface area contributed by atoms with Gasteiger partial charge in [0.05, 0.1) is 19.6 Å². The number of urea groups is 1. The van der Waals surface area contributed by atoms with Crippen LogP contribution in [-0.2, 0) is 14.4 Å². The van der Waals surface area contributed by atoms with Gasteiger partial charge >= 0.3 is 12.0 Å². The van der Waals surface area contributed by atoms with Crippen LogP contribution in [0.15, 0.2) is 72.8 Å². The number of aliphatic carboxylic acids is 1. The van der Waals surface area contributed by atoms with Crippen LogP contribution < -0.4 is 26.0 Å². The number of anilines is 3. The van der Waals surface area contributed by atoms with Crippen molar-refractivity contribution in [3.05, 3.63) is 83.9 Å². The van der Waals surface area contributed by atoms with Crippen LogP contribution in [0.1, 0.15) is 50.3 Å². The lowest BCUT2D eigenvalue weighted by molar-refractivity contribution is -0.138. The number of rotatable bonds is 13. The molecule has 0 aromatic heterocycles. The minimum absolute atomic E-state index is 0.0781. The van der Waals surface area contributed by atoms with Crippen LogP contribution in [0.25, 0.3) is 0 Å². The van der Waals surface area contributed by atoms with Crippen molar-refractivity contribution < 1.29 is 29.0 Å². The van der Waals surface area contributed by atoms with E-state index in [1.807, 2.05) is 45.0 Å². The number of carbonyl (C=O) groups excluding carboxylic acids is 3. The van der Waals surface area contributed by atoms with Gasteiger partial charge in [0.1, 0.15) is 5.75 Å². The number of hydrogen-bond donors (Lipinski definition) is 5.